The second-order valence-electron chi connectivity index (χ2n) is 5.33. The van der Waals surface area contributed by atoms with Gasteiger partial charge in [0.05, 0.1) is 0 Å². The molecule has 3 nitrogen and oxygen atoms in total. The molecule has 0 radical (unpaired) electrons. The van der Waals surface area contributed by atoms with Gasteiger partial charge < -0.3 is 4.74 Å². The van der Waals surface area contributed by atoms with Gasteiger partial charge in [0.2, 0.25) is 5.90 Å². The summed E-state index contributed by atoms with van der Waals surface area (Å²) in [5.41, 5.74) is 2.67. The topological polar surface area (TPSA) is 38.7 Å². The van der Waals surface area contributed by atoms with E-state index in [0.717, 1.165) is 17.6 Å². The fourth-order valence-electron chi connectivity index (χ4n) is 2.34. The van der Waals surface area contributed by atoms with Crippen LogP contribution in [-0.2, 0) is 9.53 Å². The second-order valence-corrected chi connectivity index (χ2v) is 5.33. The number of esters is 1. The van der Waals surface area contributed by atoms with Crippen LogP contribution in [0.4, 0.5) is 4.39 Å². The van der Waals surface area contributed by atoms with Gasteiger partial charge in [0.25, 0.3) is 0 Å². The molecule has 0 unspecified atom stereocenters. The first kappa shape index (κ1) is 15.9. The Morgan fingerprint density at radius 2 is 1.96 bits per heavy atom. The van der Waals surface area contributed by atoms with Gasteiger partial charge in [-0.2, -0.15) is 0 Å². The van der Waals surface area contributed by atoms with E-state index < -0.39 is 11.8 Å². The van der Waals surface area contributed by atoms with Gasteiger partial charge in [0, 0.05) is 5.56 Å². The summed E-state index contributed by atoms with van der Waals surface area (Å²) in [6.07, 6.45) is 4.45. The van der Waals surface area contributed by atoms with E-state index in [9.17, 15) is 9.18 Å². The molecule has 0 spiro atoms. The van der Waals surface area contributed by atoms with Crippen LogP contribution >= 0.6 is 0 Å². The third kappa shape index (κ3) is 3.66. The van der Waals surface area contributed by atoms with E-state index in [2.05, 4.69) is 4.99 Å². The van der Waals surface area contributed by atoms with Crippen molar-refractivity contribution >= 4 is 17.9 Å². The molecular weight excluding hydrogens is 305 g/mol. The lowest BCUT2D eigenvalue weighted by Crippen LogP contribution is -2.05. The van der Waals surface area contributed by atoms with E-state index in [4.69, 9.17) is 4.74 Å². The molecule has 0 atom stereocenters. The van der Waals surface area contributed by atoms with E-state index >= 15 is 0 Å². The van der Waals surface area contributed by atoms with Crippen molar-refractivity contribution in [3.05, 3.63) is 88.9 Å². The van der Waals surface area contributed by atoms with Gasteiger partial charge in [-0.1, -0.05) is 49.4 Å². The first-order valence-electron chi connectivity index (χ1n) is 7.70. The number of carbonyl (C=O) groups is 1. The first-order chi connectivity index (χ1) is 11.7. The van der Waals surface area contributed by atoms with Crippen LogP contribution in [0.3, 0.4) is 0 Å². The van der Waals surface area contributed by atoms with Crippen LogP contribution in [0.5, 0.6) is 0 Å². The zero-order chi connectivity index (χ0) is 16.9. The average molecular weight is 321 g/mol. The SMILES string of the molecule is CCC(/C=C1\N=C(c2cccc(F)c2)OC1=O)=C\c1ccccc1. The number of benzene rings is 2. The fraction of sp³-hybridized carbons (Fsp3) is 0.100. The highest BCUT2D eigenvalue weighted by atomic mass is 19.1. The summed E-state index contributed by atoms with van der Waals surface area (Å²) >= 11 is 0. The largest absolute Gasteiger partial charge is 0.402 e. The number of hydrogen-bond donors (Lipinski definition) is 0. The molecule has 0 aromatic heterocycles. The predicted octanol–water partition coefficient (Wildman–Crippen LogP) is 4.51. The molecule has 1 aliphatic heterocycles. The number of rotatable bonds is 4. The molecule has 0 amide bonds. The molecule has 2 aromatic rings. The Hall–Kier alpha value is -3.01. The van der Waals surface area contributed by atoms with Crippen molar-refractivity contribution in [3.8, 4) is 0 Å². The second kappa shape index (κ2) is 7.04. The molecule has 2 aromatic carbocycles. The molecule has 0 saturated carbocycles. The van der Waals surface area contributed by atoms with E-state index in [1.54, 1.807) is 18.2 Å². The van der Waals surface area contributed by atoms with Crippen LogP contribution < -0.4 is 0 Å². The van der Waals surface area contributed by atoms with Crippen LogP contribution in [0.1, 0.15) is 24.5 Å². The third-order valence-corrected chi connectivity index (χ3v) is 3.57. The lowest BCUT2D eigenvalue weighted by molar-refractivity contribution is -0.130. The van der Waals surface area contributed by atoms with Gasteiger partial charge in [-0.3, -0.25) is 0 Å². The number of ether oxygens (including phenoxy) is 1. The van der Waals surface area contributed by atoms with Crippen molar-refractivity contribution in [3.63, 3.8) is 0 Å². The Morgan fingerprint density at radius 1 is 1.17 bits per heavy atom. The van der Waals surface area contributed by atoms with Gasteiger partial charge >= 0.3 is 5.97 Å². The van der Waals surface area contributed by atoms with Crippen molar-refractivity contribution in [2.75, 3.05) is 0 Å². The van der Waals surface area contributed by atoms with Crippen LogP contribution in [0.15, 0.2) is 76.9 Å². The maximum absolute atomic E-state index is 13.3. The van der Waals surface area contributed by atoms with Crippen molar-refractivity contribution in [2.24, 2.45) is 4.99 Å². The lowest BCUT2D eigenvalue weighted by Gasteiger charge is -1.99. The Bertz CT molecular complexity index is 851. The van der Waals surface area contributed by atoms with Crippen LogP contribution in [-0.4, -0.2) is 11.9 Å². The number of allylic oxidation sites excluding steroid dienone is 2. The van der Waals surface area contributed by atoms with E-state index in [1.165, 1.54) is 12.1 Å². The van der Waals surface area contributed by atoms with Crippen LogP contribution in [0.25, 0.3) is 6.08 Å². The monoisotopic (exact) mass is 321 g/mol. The Kier molecular flexibility index (Phi) is 4.66. The van der Waals surface area contributed by atoms with Crippen LogP contribution in [0, 0.1) is 5.82 Å². The van der Waals surface area contributed by atoms with Crippen LogP contribution in [0.2, 0.25) is 0 Å². The summed E-state index contributed by atoms with van der Waals surface area (Å²) in [7, 11) is 0. The molecule has 0 saturated heterocycles. The fourth-order valence-corrected chi connectivity index (χ4v) is 2.34. The van der Waals surface area contributed by atoms with Gasteiger partial charge in [0.1, 0.15) is 5.82 Å². The smallest absolute Gasteiger partial charge is 0.363 e. The van der Waals surface area contributed by atoms with Gasteiger partial charge in [-0.05, 0) is 41.8 Å². The zero-order valence-corrected chi connectivity index (χ0v) is 13.2. The minimum absolute atomic E-state index is 0.126. The maximum atomic E-state index is 13.3. The molecule has 24 heavy (non-hydrogen) atoms. The van der Waals surface area contributed by atoms with Gasteiger partial charge in [0.15, 0.2) is 5.70 Å². The Balaban J connectivity index is 1.91. The molecule has 0 bridgehead atoms. The number of halogens is 1. The maximum Gasteiger partial charge on any atom is 0.363 e. The number of hydrogen-bond acceptors (Lipinski definition) is 3. The quantitative estimate of drug-likeness (QED) is 0.614. The van der Waals surface area contributed by atoms with Gasteiger partial charge in [-0.25, -0.2) is 14.2 Å². The van der Waals surface area contributed by atoms with Crippen molar-refractivity contribution in [2.45, 2.75) is 13.3 Å². The molecule has 1 heterocycles. The minimum atomic E-state index is -0.526. The summed E-state index contributed by atoms with van der Waals surface area (Å²) < 4.78 is 18.5. The summed E-state index contributed by atoms with van der Waals surface area (Å²) in [6, 6.07) is 15.7. The Labute approximate surface area is 139 Å². The van der Waals surface area contributed by atoms with E-state index in [-0.39, 0.29) is 11.6 Å². The van der Waals surface area contributed by atoms with Crippen molar-refractivity contribution in [1.82, 2.24) is 0 Å². The highest BCUT2D eigenvalue weighted by molar-refractivity contribution is 6.11. The summed E-state index contributed by atoms with van der Waals surface area (Å²) in [4.78, 5) is 16.2. The number of cyclic esters (lactones) is 1. The first-order valence-corrected chi connectivity index (χ1v) is 7.70. The summed E-state index contributed by atoms with van der Waals surface area (Å²) in [6.45, 7) is 2.00. The molecular formula is C20H16FNO2. The van der Waals surface area contributed by atoms with Crippen molar-refractivity contribution < 1.29 is 13.9 Å². The predicted molar refractivity (Wildman–Crippen MR) is 91.8 cm³/mol. The summed E-state index contributed by atoms with van der Waals surface area (Å²) in [5.74, 6) is -0.801. The number of nitrogens with zero attached hydrogens (tertiary/aromatic N) is 1. The molecule has 0 fully saturated rings. The highest BCUT2D eigenvalue weighted by Gasteiger charge is 2.24. The number of carbonyl (C=O) groups excluding carboxylic acids is 1. The molecule has 3 rings (SSSR count). The van der Waals surface area contributed by atoms with Crippen molar-refractivity contribution in [1.29, 1.82) is 0 Å². The molecule has 0 N–H and O–H groups in total. The minimum Gasteiger partial charge on any atom is -0.402 e. The normalized spacial score (nSPS) is 16.2. The summed E-state index contributed by atoms with van der Waals surface area (Å²) in [5, 5.41) is 0. The molecule has 4 heteroatoms. The van der Waals surface area contributed by atoms with E-state index in [1.807, 2.05) is 43.3 Å². The molecule has 1 aliphatic rings. The van der Waals surface area contributed by atoms with Gasteiger partial charge in [-0.15, -0.1) is 0 Å². The average Bonchev–Trinajstić information content (AvgIpc) is 2.96. The van der Waals surface area contributed by atoms with E-state index in [0.29, 0.717) is 5.56 Å². The molecule has 120 valence electrons. The highest BCUT2D eigenvalue weighted by Crippen LogP contribution is 2.20. The Morgan fingerprint density at radius 3 is 2.67 bits per heavy atom. The molecule has 0 aliphatic carbocycles. The number of aliphatic imine (C=N–C) groups is 1. The third-order valence-electron chi connectivity index (χ3n) is 3.57. The lowest BCUT2D eigenvalue weighted by atomic mass is 10.1. The standard InChI is InChI=1S/C20H16FNO2/c1-2-14(11-15-7-4-3-5-8-15)12-18-20(23)24-19(22-18)16-9-6-10-17(21)13-16/h3-13H,2H2,1H3/b14-11+,18-12-. The zero-order valence-electron chi connectivity index (χ0n) is 13.2.